The number of H-pyrrole nitrogens is 1. The number of benzene rings is 1. The lowest BCUT2D eigenvalue weighted by Crippen LogP contribution is -1.88. The van der Waals surface area contributed by atoms with Gasteiger partial charge in [-0.3, -0.25) is 5.10 Å². The molecule has 2 aromatic rings. The van der Waals surface area contributed by atoms with Gasteiger partial charge in [0.25, 0.3) is 0 Å². The number of aromatic nitrogens is 3. The Morgan fingerprint density at radius 1 is 1.35 bits per heavy atom. The van der Waals surface area contributed by atoms with Gasteiger partial charge in [0.1, 0.15) is 12.9 Å². The first-order valence-electron chi connectivity index (χ1n) is 5.06. The van der Waals surface area contributed by atoms with E-state index >= 15 is 0 Å². The second kappa shape index (κ2) is 6.09. The molecular formula is C12H11N3OS. The average Bonchev–Trinajstić information content (AvgIpc) is 2.88. The van der Waals surface area contributed by atoms with Crippen molar-refractivity contribution in [2.45, 2.75) is 10.9 Å². The molecule has 0 unspecified atom stereocenters. The van der Waals surface area contributed by atoms with Gasteiger partial charge < -0.3 is 5.11 Å². The van der Waals surface area contributed by atoms with E-state index in [1.807, 2.05) is 24.3 Å². The Balaban J connectivity index is 2.09. The minimum Gasteiger partial charge on any atom is -0.384 e. The smallest absolute Gasteiger partial charge is 0.183 e. The molecular weight excluding hydrogens is 234 g/mol. The highest BCUT2D eigenvalue weighted by Gasteiger charge is 2.02. The summed E-state index contributed by atoms with van der Waals surface area (Å²) in [5.41, 5.74) is 2.06. The van der Waals surface area contributed by atoms with Gasteiger partial charge in [0.2, 0.25) is 0 Å². The number of rotatable bonds is 3. The Morgan fingerprint density at radius 2 is 2.24 bits per heavy atom. The lowest BCUT2D eigenvalue weighted by molar-refractivity contribution is 0.350. The largest absolute Gasteiger partial charge is 0.384 e. The van der Waals surface area contributed by atoms with Gasteiger partial charge in [-0.15, -0.1) is 0 Å². The molecule has 5 heteroatoms. The Morgan fingerprint density at radius 3 is 3.00 bits per heavy atom. The molecule has 0 atom stereocenters. The van der Waals surface area contributed by atoms with Crippen molar-refractivity contribution in [3.8, 4) is 11.8 Å². The average molecular weight is 245 g/mol. The molecule has 0 saturated heterocycles. The van der Waals surface area contributed by atoms with Crippen LogP contribution in [0.25, 0.3) is 0 Å². The van der Waals surface area contributed by atoms with Gasteiger partial charge >= 0.3 is 0 Å². The van der Waals surface area contributed by atoms with E-state index in [1.165, 1.54) is 6.33 Å². The summed E-state index contributed by atoms with van der Waals surface area (Å²) in [6.45, 7) is -0.121. The zero-order chi connectivity index (χ0) is 11.9. The number of aliphatic hydroxyl groups is 1. The first kappa shape index (κ1) is 11.7. The third kappa shape index (κ3) is 3.34. The Bertz CT molecular complexity index is 528. The van der Waals surface area contributed by atoms with E-state index in [4.69, 9.17) is 5.11 Å². The van der Waals surface area contributed by atoms with Crippen LogP contribution >= 0.6 is 11.8 Å². The quantitative estimate of drug-likeness (QED) is 0.634. The zero-order valence-electron chi connectivity index (χ0n) is 9.05. The number of nitrogens with zero attached hydrogens (tertiary/aromatic N) is 2. The minimum absolute atomic E-state index is 0.121. The van der Waals surface area contributed by atoms with Gasteiger partial charge in [0.15, 0.2) is 5.16 Å². The number of thioether (sulfide) groups is 1. The maximum atomic E-state index is 8.70. The second-order valence-electron chi connectivity index (χ2n) is 3.20. The van der Waals surface area contributed by atoms with Crippen LogP contribution in [-0.2, 0) is 5.75 Å². The van der Waals surface area contributed by atoms with Gasteiger partial charge in [-0.2, -0.15) is 5.10 Å². The molecule has 86 valence electrons. The fourth-order valence-electron chi connectivity index (χ4n) is 1.31. The molecule has 0 bridgehead atoms. The van der Waals surface area contributed by atoms with Crippen molar-refractivity contribution in [3.63, 3.8) is 0 Å². The van der Waals surface area contributed by atoms with E-state index in [2.05, 4.69) is 27.0 Å². The molecule has 0 aliphatic rings. The number of hydrogen-bond donors (Lipinski definition) is 2. The zero-order valence-corrected chi connectivity index (χ0v) is 9.87. The van der Waals surface area contributed by atoms with Crippen molar-refractivity contribution in [3.05, 3.63) is 41.7 Å². The molecule has 0 amide bonds. The van der Waals surface area contributed by atoms with Gasteiger partial charge in [-0.05, 0) is 11.6 Å². The standard InChI is InChI=1S/C12H11N3OS/c16-7-3-6-10-4-1-2-5-11(10)8-17-12-13-9-14-15-12/h1-2,4-5,9,16H,7-8H2,(H,13,14,15). The number of nitrogens with one attached hydrogen (secondary N) is 1. The van der Waals surface area contributed by atoms with Crippen LogP contribution in [0.1, 0.15) is 11.1 Å². The molecule has 0 fully saturated rings. The van der Waals surface area contributed by atoms with Crippen LogP contribution in [0, 0.1) is 11.8 Å². The molecule has 0 spiro atoms. The monoisotopic (exact) mass is 245 g/mol. The Kier molecular flexibility index (Phi) is 4.19. The van der Waals surface area contributed by atoms with E-state index in [1.54, 1.807) is 11.8 Å². The number of hydrogen-bond acceptors (Lipinski definition) is 4. The van der Waals surface area contributed by atoms with Crippen molar-refractivity contribution >= 4 is 11.8 Å². The summed E-state index contributed by atoms with van der Waals surface area (Å²) >= 11 is 1.57. The third-order valence-electron chi connectivity index (χ3n) is 2.08. The van der Waals surface area contributed by atoms with Crippen molar-refractivity contribution in [2.24, 2.45) is 0 Å². The van der Waals surface area contributed by atoms with E-state index in [0.717, 1.165) is 22.0 Å². The Labute approximate surface area is 103 Å². The molecule has 2 rings (SSSR count). The molecule has 0 radical (unpaired) electrons. The molecule has 1 aromatic carbocycles. The normalized spacial score (nSPS) is 9.71. The summed E-state index contributed by atoms with van der Waals surface area (Å²) in [7, 11) is 0. The number of aromatic amines is 1. The highest BCUT2D eigenvalue weighted by molar-refractivity contribution is 7.98. The number of aliphatic hydroxyl groups excluding tert-OH is 1. The van der Waals surface area contributed by atoms with Crippen LogP contribution in [0.15, 0.2) is 35.7 Å². The maximum Gasteiger partial charge on any atom is 0.183 e. The van der Waals surface area contributed by atoms with Crippen molar-refractivity contribution in [1.29, 1.82) is 0 Å². The van der Waals surface area contributed by atoms with Crippen LogP contribution in [0.3, 0.4) is 0 Å². The van der Waals surface area contributed by atoms with Crippen molar-refractivity contribution in [1.82, 2.24) is 15.2 Å². The highest BCUT2D eigenvalue weighted by atomic mass is 32.2. The molecule has 4 nitrogen and oxygen atoms in total. The predicted octanol–water partition coefficient (Wildman–Crippen LogP) is 1.44. The minimum atomic E-state index is -0.121. The van der Waals surface area contributed by atoms with Crippen molar-refractivity contribution in [2.75, 3.05) is 6.61 Å². The van der Waals surface area contributed by atoms with Gasteiger partial charge in [0, 0.05) is 11.3 Å². The first-order chi connectivity index (χ1) is 8.40. The summed E-state index contributed by atoms with van der Waals surface area (Å²) < 4.78 is 0. The lowest BCUT2D eigenvalue weighted by Gasteiger charge is -2.02. The van der Waals surface area contributed by atoms with Gasteiger partial charge in [-0.25, -0.2) is 4.98 Å². The van der Waals surface area contributed by atoms with Crippen LogP contribution < -0.4 is 0 Å². The van der Waals surface area contributed by atoms with Gasteiger partial charge in [-0.1, -0.05) is 41.8 Å². The van der Waals surface area contributed by atoms with Crippen LogP contribution in [-0.4, -0.2) is 26.9 Å². The molecule has 1 heterocycles. The summed E-state index contributed by atoms with van der Waals surface area (Å²) in [6.07, 6.45) is 1.49. The lowest BCUT2D eigenvalue weighted by atomic mass is 10.1. The third-order valence-corrected chi connectivity index (χ3v) is 3.00. The molecule has 17 heavy (non-hydrogen) atoms. The van der Waals surface area contributed by atoms with Crippen LogP contribution in [0.2, 0.25) is 0 Å². The summed E-state index contributed by atoms with van der Waals surface area (Å²) in [4.78, 5) is 4.04. The molecule has 0 saturated carbocycles. The van der Waals surface area contributed by atoms with Gasteiger partial charge in [0.05, 0.1) is 0 Å². The second-order valence-corrected chi connectivity index (χ2v) is 4.16. The predicted molar refractivity (Wildman–Crippen MR) is 66.3 cm³/mol. The molecule has 0 aliphatic carbocycles. The first-order valence-corrected chi connectivity index (χ1v) is 6.04. The molecule has 0 aliphatic heterocycles. The van der Waals surface area contributed by atoms with E-state index in [-0.39, 0.29) is 6.61 Å². The topological polar surface area (TPSA) is 61.8 Å². The SMILES string of the molecule is OCC#Cc1ccccc1CSc1ncn[nH]1. The van der Waals surface area contributed by atoms with E-state index in [9.17, 15) is 0 Å². The maximum absolute atomic E-state index is 8.70. The van der Waals surface area contributed by atoms with Crippen molar-refractivity contribution < 1.29 is 5.11 Å². The summed E-state index contributed by atoms with van der Waals surface area (Å²) in [5, 5.41) is 16.1. The highest BCUT2D eigenvalue weighted by Crippen LogP contribution is 2.20. The summed E-state index contributed by atoms with van der Waals surface area (Å²) in [5.74, 6) is 6.36. The fourth-order valence-corrected chi connectivity index (χ4v) is 2.10. The Hall–Kier alpha value is -1.77. The summed E-state index contributed by atoms with van der Waals surface area (Å²) in [6, 6.07) is 7.87. The fraction of sp³-hybridized carbons (Fsp3) is 0.167. The molecule has 2 N–H and O–H groups in total. The van der Waals surface area contributed by atoms with Crippen LogP contribution in [0.4, 0.5) is 0 Å². The van der Waals surface area contributed by atoms with Crippen LogP contribution in [0.5, 0.6) is 0 Å². The van der Waals surface area contributed by atoms with E-state index < -0.39 is 0 Å². The molecule has 1 aromatic heterocycles. The van der Waals surface area contributed by atoms with E-state index in [0.29, 0.717) is 0 Å².